The Hall–Kier alpha value is -4.27. The van der Waals surface area contributed by atoms with Gasteiger partial charge in [-0.2, -0.15) is 5.48 Å². The monoisotopic (exact) mass is 1470 g/mol. The zero-order valence-electron chi connectivity index (χ0n) is 54.2. The Bertz CT molecular complexity index is 3130. The number of hydroxylamine groups is 1. The highest BCUT2D eigenvalue weighted by Gasteiger charge is 2.52. The molecule has 0 aromatic heterocycles. The quantitative estimate of drug-likeness (QED) is 0.0165. The van der Waals surface area contributed by atoms with Gasteiger partial charge in [0.05, 0.1) is 96.2 Å². The summed E-state index contributed by atoms with van der Waals surface area (Å²) < 4.78 is 72.5. The van der Waals surface area contributed by atoms with E-state index in [2.05, 4.69) is 33.9 Å². The fourth-order valence-corrected chi connectivity index (χ4v) is 15.8. The van der Waals surface area contributed by atoms with Gasteiger partial charge >= 0.3 is 6.09 Å². The van der Waals surface area contributed by atoms with Crippen LogP contribution in [0.25, 0.3) is 0 Å². The molecular weight excluding hydrogens is 1380 g/mol. The number of hydrogen-bond donors (Lipinski definition) is 9. The van der Waals surface area contributed by atoms with E-state index < -0.39 is 137 Å². The topological polar surface area (TPSA) is 334 Å². The molecule has 0 unspecified atom stereocenters. The Morgan fingerprint density at radius 2 is 1.63 bits per heavy atom. The molecule has 0 spiro atoms. The summed E-state index contributed by atoms with van der Waals surface area (Å²) in [6.07, 6.45) is -8.80. The second-order valence-electron chi connectivity index (χ2n) is 23.3. The standard InChI is InChI=1S/C64H87IN4O21S3/c1-15-17-18-19-24-41(46-36(64(9,77)29-40(71)49(46)68-62(76)82-14)25-26-91-93-63(7,8)35-22-20-21-23-37(35)66)87-61-56(88-43-28-42(78-10)38(30-83-43)67-16-2)51(73)48(32(4)85-61)69-90-44-27-39(70)58(34(6)84-44)92-59(75)45-31(3)47(65)54(57(81-13)53(45)79-11)89-60-52(74)55(80-12)50(72)33(5)86-60/h1,17-18,20-23,25,32-34,38-39,41-44,48,50-52,55-56,58,60-61,67,69-70,72-74,77H,16,26-30,66H2,2-14H3,(H,68,76)/b18-17-,36-25+/t32-,33+,34-,38+,39+,41+,42+,43+,44+,48-,50+,51+,52-,55-,56-,58-,60+,61+,64+/m1/s1. The number of aliphatic hydroxyl groups excluding tert-OH is 4. The summed E-state index contributed by atoms with van der Waals surface area (Å²) in [5, 5.41) is 63.0. The number of nitrogens with one attached hydrogen (secondary N) is 3. The molecule has 4 aliphatic heterocycles. The molecule has 4 heterocycles. The van der Waals surface area contributed by atoms with Crippen molar-refractivity contribution in [1.29, 1.82) is 0 Å². The number of aliphatic hydroxyl groups is 5. The number of rotatable bonds is 24. The number of carbonyl (C=O) groups excluding carboxylic acids is 3. The molecule has 0 radical (unpaired) electrons. The van der Waals surface area contributed by atoms with Gasteiger partial charge in [0.15, 0.2) is 36.2 Å². The lowest BCUT2D eigenvalue weighted by atomic mass is 9.76. The molecule has 5 aliphatic rings. The molecule has 514 valence electrons. The highest BCUT2D eigenvalue weighted by molar-refractivity contribution is 14.1. The molecule has 25 nitrogen and oxygen atoms in total. The number of Topliss-reactive ketones (excluding diaryl/α,β-unsaturated/α-hetero) is 1. The van der Waals surface area contributed by atoms with Crippen molar-refractivity contribution in [3.05, 3.63) is 79.6 Å². The first-order valence-corrected chi connectivity index (χ1v) is 34.4. The van der Waals surface area contributed by atoms with Crippen LogP contribution in [0.5, 0.6) is 17.2 Å². The van der Waals surface area contributed by atoms with Crippen LogP contribution in [0.15, 0.2) is 59.3 Å². The first-order valence-electron chi connectivity index (χ1n) is 30.2. The molecule has 93 heavy (non-hydrogen) atoms. The summed E-state index contributed by atoms with van der Waals surface area (Å²) in [6.45, 7) is 14.9. The molecule has 0 saturated carbocycles. The zero-order chi connectivity index (χ0) is 68.2. The summed E-state index contributed by atoms with van der Waals surface area (Å²) >= 11 is 2.82. The Balaban J connectivity index is 1.15. The third-order valence-electron chi connectivity index (χ3n) is 16.5. The minimum atomic E-state index is -1.85. The van der Waals surface area contributed by atoms with Crippen molar-refractivity contribution >= 4 is 78.6 Å². The number of likely N-dealkylation sites (N-methyl/N-ethyl adjacent to an activating group) is 1. The van der Waals surface area contributed by atoms with E-state index in [1.54, 1.807) is 40.9 Å². The molecule has 19 atom stereocenters. The number of anilines is 1. The molecule has 7 rings (SSSR count). The number of nitrogens with two attached hydrogens (primary N) is 1. The minimum absolute atomic E-state index is 0.0181. The molecule has 10 N–H and O–H groups in total. The molecule has 29 heteroatoms. The van der Waals surface area contributed by atoms with Gasteiger partial charge in [0.2, 0.25) is 17.2 Å². The summed E-state index contributed by atoms with van der Waals surface area (Å²) in [7, 11) is 9.76. The Labute approximate surface area is 568 Å². The normalized spacial score (nSPS) is 32.5. The highest BCUT2D eigenvalue weighted by Crippen LogP contribution is 2.50. The number of ether oxygens (including phenoxy) is 12. The number of carbonyl (C=O) groups is 3. The molecule has 1 amide bonds. The smallest absolute Gasteiger partial charge is 0.411 e. The van der Waals surface area contributed by atoms with Crippen LogP contribution < -0.4 is 36.1 Å². The SMILES string of the molecule is C#C/C=C\C#C[C@H](O[C@@H]1O[C@H](C)[C@@H](NO[C@H]2C[C@H](O)[C@H](SC(=O)c3c(C)c(I)c(O[C@@H]4O[C@@H](C)[C@H](O)[C@@H](OC)[C@H]4O)c(OC)c3OC)[C@@H](C)O2)[C@H](O)[C@H]1O[C@H]1C[C@H](OC)[C@@H](NCC)CO1)C1=C(NC(=O)OC)C(=O)C[C@](C)(O)/C1=C/CSSC(C)(C)c1ccccc1N. The largest absolute Gasteiger partial charge is 0.492 e. The van der Waals surface area contributed by atoms with Crippen LogP contribution >= 0.6 is 55.9 Å². The van der Waals surface area contributed by atoms with Crippen molar-refractivity contribution < 1.29 is 102 Å². The van der Waals surface area contributed by atoms with E-state index in [0.717, 1.165) is 24.4 Å². The van der Waals surface area contributed by atoms with E-state index >= 15 is 0 Å². The highest BCUT2D eigenvalue weighted by atomic mass is 127. The number of nitrogen functional groups attached to an aromatic ring is 1. The van der Waals surface area contributed by atoms with Crippen molar-refractivity contribution in [2.75, 3.05) is 60.2 Å². The lowest BCUT2D eigenvalue weighted by molar-refractivity contribution is -0.336. The number of para-hydroxylation sites is 1. The van der Waals surface area contributed by atoms with Gasteiger partial charge in [-0.3, -0.25) is 19.7 Å². The van der Waals surface area contributed by atoms with Crippen LogP contribution in [0.3, 0.4) is 0 Å². The number of thioether (sulfide) groups is 1. The molecule has 1 aliphatic carbocycles. The summed E-state index contributed by atoms with van der Waals surface area (Å²) in [5.41, 5.74) is 9.41. The second-order valence-corrected chi connectivity index (χ2v) is 28.5. The second kappa shape index (κ2) is 34.3. The molecule has 4 saturated heterocycles. The number of terminal acetylenes is 1. The van der Waals surface area contributed by atoms with Crippen LogP contribution in [0.4, 0.5) is 10.5 Å². The van der Waals surface area contributed by atoms with E-state index in [9.17, 15) is 39.9 Å². The van der Waals surface area contributed by atoms with Gasteiger partial charge in [-0.25, -0.2) is 4.79 Å². The number of ketones is 1. The number of halogens is 1. The zero-order valence-corrected chi connectivity index (χ0v) is 58.8. The van der Waals surface area contributed by atoms with Gasteiger partial charge < -0.3 is 93.4 Å². The fraction of sp³-hybridized carbons (Fsp3) is 0.609. The first-order chi connectivity index (χ1) is 44.2. The fourth-order valence-electron chi connectivity index (χ4n) is 11.6. The van der Waals surface area contributed by atoms with Crippen LogP contribution in [0.1, 0.15) is 89.2 Å². The van der Waals surface area contributed by atoms with Crippen molar-refractivity contribution in [2.24, 2.45) is 0 Å². The number of alkyl carbamates (subject to hydrolysis) is 1. The number of methoxy groups -OCH3 is 5. The summed E-state index contributed by atoms with van der Waals surface area (Å²) in [5.74, 6) is 8.01. The maximum Gasteiger partial charge on any atom is 0.411 e. The molecule has 2 aromatic carbocycles. The Morgan fingerprint density at radius 1 is 0.925 bits per heavy atom. The molecule has 2 aromatic rings. The van der Waals surface area contributed by atoms with Gasteiger partial charge in [-0.15, -0.1) is 6.42 Å². The van der Waals surface area contributed by atoms with E-state index in [1.165, 1.54) is 62.0 Å². The summed E-state index contributed by atoms with van der Waals surface area (Å²) in [6, 6.07) is 6.23. The van der Waals surface area contributed by atoms with Crippen LogP contribution in [-0.2, 0) is 57.0 Å². The van der Waals surface area contributed by atoms with Crippen molar-refractivity contribution in [3.63, 3.8) is 0 Å². The van der Waals surface area contributed by atoms with Gasteiger partial charge in [-0.1, -0.05) is 82.3 Å². The maximum atomic E-state index is 14.5. The van der Waals surface area contributed by atoms with Gasteiger partial charge in [0.1, 0.15) is 36.6 Å². The van der Waals surface area contributed by atoms with Crippen LogP contribution in [-0.4, -0.2) is 212 Å². The molecule has 0 bridgehead atoms. The van der Waals surface area contributed by atoms with E-state index in [0.29, 0.717) is 21.4 Å². The number of amides is 1. The number of benzene rings is 2. The van der Waals surface area contributed by atoms with Crippen molar-refractivity contribution in [3.8, 4) is 41.4 Å². The third kappa shape index (κ3) is 18.1. The maximum absolute atomic E-state index is 14.5. The number of hydrogen-bond acceptors (Lipinski definition) is 27. The summed E-state index contributed by atoms with van der Waals surface area (Å²) in [4.78, 5) is 48.1. The predicted octanol–water partition coefficient (Wildman–Crippen LogP) is 5.07. The van der Waals surface area contributed by atoms with Crippen molar-refractivity contribution in [1.82, 2.24) is 16.1 Å². The molecule has 4 fully saturated rings. The van der Waals surface area contributed by atoms with E-state index in [-0.39, 0.29) is 70.9 Å². The average Bonchev–Trinajstić information content (AvgIpc) is 0.776. The van der Waals surface area contributed by atoms with Crippen molar-refractivity contribution in [2.45, 2.75) is 195 Å². The lowest BCUT2D eigenvalue weighted by Gasteiger charge is -2.46. The Morgan fingerprint density at radius 3 is 2.28 bits per heavy atom. The van der Waals surface area contributed by atoms with Crippen LogP contribution in [0.2, 0.25) is 0 Å². The van der Waals surface area contributed by atoms with Gasteiger partial charge in [0, 0.05) is 55.2 Å². The van der Waals surface area contributed by atoms with Gasteiger partial charge in [0.25, 0.3) is 0 Å². The first kappa shape index (κ1) is 76.1. The minimum Gasteiger partial charge on any atom is -0.492 e. The third-order valence-corrected chi connectivity index (χ3v) is 22.2. The van der Waals surface area contributed by atoms with E-state index in [1.807, 2.05) is 67.6 Å². The van der Waals surface area contributed by atoms with Crippen LogP contribution in [0, 0.1) is 34.7 Å². The lowest BCUT2D eigenvalue weighted by Crippen LogP contribution is -2.65. The number of allylic oxidation sites excluding steroid dienone is 3. The molecular formula is C64H87IN4O21S3. The predicted molar refractivity (Wildman–Crippen MR) is 357 cm³/mol. The Kier molecular flexibility index (Phi) is 28.1. The van der Waals surface area contributed by atoms with E-state index in [4.69, 9.17) is 73.8 Å². The van der Waals surface area contributed by atoms with Gasteiger partial charge in [-0.05, 0) is 113 Å². The average molecular weight is 1470 g/mol.